The van der Waals surface area contributed by atoms with Gasteiger partial charge in [-0.3, -0.25) is 4.79 Å². The quantitative estimate of drug-likeness (QED) is 0.290. The van der Waals surface area contributed by atoms with Gasteiger partial charge in [0.1, 0.15) is 0 Å². The van der Waals surface area contributed by atoms with Crippen LogP contribution in [0, 0.1) is 34.6 Å². The molecule has 150 valence electrons. The molecule has 0 aliphatic heterocycles. The minimum Gasteiger partial charge on any atom is -0.318 e. The number of hydrogen-bond acceptors (Lipinski definition) is 5. The minimum atomic E-state index is -0.193. The molecule has 2 aromatic heterocycles. The zero-order valence-electron chi connectivity index (χ0n) is 17.4. The smallest absolute Gasteiger partial charge is 0.250 e. The lowest BCUT2D eigenvalue weighted by Gasteiger charge is -2.10. The third-order valence-corrected chi connectivity index (χ3v) is 5.26. The number of nitrogens with one attached hydrogen (secondary N) is 1. The Labute approximate surface area is 175 Å². The van der Waals surface area contributed by atoms with Crippen LogP contribution in [0.4, 0.5) is 0 Å². The SMILES string of the molecule is Cc1cccc(-n2c(C)cc(/C=N\NC(=O)CSc3nc(C)cc(C)n3)c2C)c1. The highest BCUT2D eigenvalue weighted by Gasteiger charge is 2.10. The molecule has 1 N–H and O–H groups in total. The zero-order chi connectivity index (χ0) is 21.0. The lowest BCUT2D eigenvalue weighted by molar-refractivity contribution is -0.118. The van der Waals surface area contributed by atoms with E-state index in [4.69, 9.17) is 0 Å². The van der Waals surface area contributed by atoms with Gasteiger partial charge in [0.05, 0.1) is 12.0 Å². The van der Waals surface area contributed by atoms with Gasteiger partial charge in [-0.25, -0.2) is 15.4 Å². The highest BCUT2D eigenvalue weighted by Crippen LogP contribution is 2.20. The topological polar surface area (TPSA) is 72.2 Å². The number of hydrazone groups is 1. The first-order chi connectivity index (χ1) is 13.8. The van der Waals surface area contributed by atoms with E-state index in [9.17, 15) is 4.79 Å². The first kappa shape index (κ1) is 20.8. The molecule has 2 heterocycles. The molecule has 0 atom stereocenters. The molecular formula is C22H25N5OS. The number of hydrogen-bond donors (Lipinski definition) is 1. The van der Waals surface area contributed by atoms with Crippen molar-refractivity contribution < 1.29 is 4.79 Å². The molecule has 0 aliphatic rings. The maximum atomic E-state index is 12.1. The van der Waals surface area contributed by atoms with E-state index in [-0.39, 0.29) is 11.7 Å². The fourth-order valence-corrected chi connectivity index (χ4v) is 3.92. The molecule has 0 bridgehead atoms. The summed E-state index contributed by atoms with van der Waals surface area (Å²) in [4.78, 5) is 20.7. The number of carbonyl (C=O) groups is 1. The second-order valence-corrected chi connectivity index (χ2v) is 7.96. The van der Waals surface area contributed by atoms with Gasteiger partial charge in [0.2, 0.25) is 0 Å². The van der Waals surface area contributed by atoms with Gasteiger partial charge in [-0.2, -0.15) is 5.10 Å². The Morgan fingerprint density at radius 1 is 1.10 bits per heavy atom. The predicted molar refractivity (Wildman–Crippen MR) is 118 cm³/mol. The first-order valence-corrected chi connectivity index (χ1v) is 10.3. The van der Waals surface area contributed by atoms with Crippen molar-refractivity contribution in [2.45, 2.75) is 39.8 Å². The van der Waals surface area contributed by atoms with Crippen molar-refractivity contribution in [1.82, 2.24) is 20.0 Å². The van der Waals surface area contributed by atoms with Crippen LogP contribution < -0.4 is 5.43 Å². The Morgan fingerprint density at radius 3 is 2.52 bits per heavy atom. The van der Waals surface area contributed by atoms with E-state index in [0.29, 0.717) is 5.16 Å². The van der Waals surface area contributed by atoms with Crippen molar-refractivity contribution in [3.05, 3.63) is 70.3 Å². The third-order valence-electron chi connectivity index (χ3n) is 4.42. The molecule has 0 spiro atoms. The average Bonchev–Trinajstić information content (AvgIpc) is 2.93. The standard InChI is InChI=1S/C22H25N5OS/c1-14-7-6-8-20(9-14)27-17(4)11-19(18(27)5)12-23-26-21(28)13-29-22-24-15(2)10-16(3)25-22/h6-12H,13H2,1-5H3,(H,26,28)/b23-12-. The Balaban J connectivity index is 1.63. The van der Waals surface area contributed by atoms with Crippen LogP contribution in [0.3, 0.4) is 0 Å². The number of aryl methyl sites for hydroxylation is 4. The van der Waals surface area contributed by atoms with Gasteiger partial charge in [-0.05, 0) is 64.4 Å². The molecule has 7 heteroatoms. The fraction of sp³-hybridized carbons (Fsp3) is 0.273. The maximum absolute atomic E-state index is 12.1. The number of rotatable bonds is 6. The second kappa shape index (κ2) is 9.05. The Morgan fingerprint density at radius 2 is 1.83 bits per heavy atom. The van der Waals surface area contributed by atoms with Crippen molar-refractivity contribution >= 4 is 23.9 Å². The number of thioether (sulfide) groups is 1. The summed E-state index contributed by atoms with van der Waals surface area (Å²) >= 11 is 1.30. The summed E-state index contributed by atoms with van der Waals surface area (Å²) in [6.45, 7) is 10.0. The Kier molecular flexibility index (Phi) is 6.49. The molecule has 1 amide bonds. The molecule has 0 saturated carbocycles. The molecule has 0 radical (unpaired) electrons. The Hall–Kier alpha value is -2.93. The lowest BCUT2D eigenvalue weighted by atomic mass is 10.2. The van der Waals surface area contributed by atoms with Gasteiger partial charge in [0.25, 0.3) is 5.91 Å². The predicted octanol–water partition coefficient (Wildman–Crippen LogP) is 4.05. The van der Waals surface area contributed by atoms with Gasteiger partial charge >= 0.3 is 0 Å². The van der Waals surface area contributed by atoms with Crippen molar-refractivity contribution in [2.75, 3.05) is 5.75 Å². The average molecular weight is 408 g/mol. The van der Waals surface area contributed by atoms with Crippen LogP contribution in [0.2, 0.25) is 0 Å². The number of aromatic nitrogens is 3. The number of nitrogens with zero attached hydrogens (tertiary/aromatic N) is 4. The molecule has 0 aliphatic carbocycles. The number of amides is 1. The van der Waals surface area contributed by atoms with Gasteiger partial charge in [0.15, 0.2) is 5.16 Å². The van der Waals surface area contributed by atoms with Crippen LogP contribution in [-0.2, 0) is 4.79 Å². The van der Waals surface area contributed by atoms with E-state index >= 15 is 0 Å². The Bertz CT molecular complexity index is 1050. The highest BCUT2D eigenvalue weighted by atomic mass is 32.2. The van der Waals surface area contributed by atoms with E-state index < -0.39 is 0 Å². The molecule has 1 aromatic carbocycles. The first-order valence-electron chi connectivity index (χ1n) is 9.36. The molecule has 3 rings (SSSR count). The van der Waals surface area contributed by atoms with Crippen LogP contribution in [0.25, 0.3) is 5.69 Å². The van der Waals surface area contributed by atoms with Crippen LogP contribution in [0.1, 0.15) is 33.9 Å². The maximum Gasteiger partial charge on any atom is 0.250 e. The zero-order valence-corrected chi connectivity index (χ0v) is 18.2. The number of benzene rings is 1. The van der Waals surface area contributed by atoms with Crippen LogP contribution in [0.5, 0.6) is 0 Å². The van der Waals surface area contributed by atoms with Crippen LogP contribution in [0.15, 0.2) is 46.7 Å². The molecule has 3 aromatic rings. The summed E-state index contributed by atoms with van der Waals surface area (Å²) in [5, 5.41) is 4.72. The number of carbonyl (C=O) groups excluding carboxylic acids is 1. The molecule has 6 nitrogen and oxygen atoms in total. The third kappa shape index (κ3) is 5.32. The van der Waals surface area contributed by atoms with Crippen molar-refractivity contribution in [3.63, 3.8) is 0 Å². The van der Waals surface area contributed by atoms with E-state index in [2.05, 4.69) is 69.2 Å². The molecular weight excluding hydrogens is 382 g/mol. The highest BCUT2D eigenvalue weighted by molar-refractivity contribution is 7.99. The minimum absolute atomic E-state index is 0.193. The molecule has 0 fully saturated rings. The summed E-state index contributed by atoms with van der Waals surface area (Å²) in [5.74, 6) is 0.0178. The van der Waals surface area contributed by atoms with E-state index in [1.807, 2.05) is 26.8 Å². The van der Waals surface area contributed by atoms with E-state index in [0.717, 1.165) is 34.0 Å². The second-order valence-electron chi connectivity index (χ2n) is 7.02. The summed E-state index contributed by atoms with van der Waals surface area (Å²) in [7, 11) is 0. The van der Waals surface area contributed by atoms with E-state index in [1.54, 1.807) is 6.21 Å². The summed E-state index contributed by atoms with van der Waals surface area (Å²) in [6, 6.07) is 12.3. The van der Waals surface area contributed by atoms with Gasteiger partial charge in [0, 0.05) is 34.0 Å². The summed E-state index contributed by atoms with van der Waals surface area (Å²) < 4.78 is 2.18. The molecule has 0 saturated heterocycles. The summed E-state index contributed by atoms with van der Waals surface area (Å²) in [5.41, 5.74) is 9.85. The monoisotopic (exact) mass is 407 g/mol. The van der Waals surface area contributed by atoms with Crippen molar-refractivity contribution in [2.24, 2.45) is 5.10 Å². The fourth-order valence-electron chi connectivity index (χ4n) is 3.18. The van der Waals surface area contributed by atoms with Gasteiger partial charge in [-0.15, -0.1) is 0 Å². The summed E-state index contributed by atoms with van der Waals surface area (Å²) in [6.07, 6.45) is 1.69. The van der Waals surface area contributed by atoms with Crippen molar-refractivity contribution in [3.8, 4) is 5.69 Å². The van der Waals surface area contributed by atoms with Gasteiger partial charge < -0.3 is 4.57 Å². The largest absolute Gasteiger partial charge is 0.318 e. The molecule has 0 unspecified atom stereocenters. The lowest BCUT2D eigenvalue weighted by Crippen LogP contribution is -2.19. The van der Waals surface area contributed by atoms with Crippen LogP contribution >= 0.6 is 11.8 Å². The van der Waals surface area contributed by atoms with Crippen LogP contribution in [-0.4, -0.2) is 32.4 Å². The van der Waals surface area contributed by atoms with Gasteiger partial charge in [-0.1, -0.05) is 23.9 Å². The van der Waals surface area contributed by atoms with Crippen molar-refractivity contribution in [1.29, 1.82) is 0 Å². The van der Waals surface area contributed by atoms with E-state index in [1.165, 1.54) is 17.3 Å². The normalized spacial score (nSPS) is 11.2. The molecule has 29 heavy (non-hydrogen) atoms.